The number of hydrogen-bond donors (Lipinski definition) is 1. The van der Waals surface area contributed by atoms with Crippen molar-refractivity contribution in [3.05, 3.63) is 28.8 Å². The van der Waals surface area contributed by atoms with Gasteiger partial charge >= 0.3 is 5.97 Å². The fraction of sp³-hybridized carbons (Fsp3) is 0.462. The number of carbonyl (C=O) groups excluding carboxylic acids is 1. The second kappa shape index (κ2) is 5.54. The Morgan fingerprint density at radius 3 is 2.62 bits per heavy atom. The fourth-order valence-corrected chi connectivity index (χ4v) is 1.62. The first-order valence-electron chi connectivity index (χ1n) is 5.60. The number of carbonyl (C=O) groups is 1. The number of aryl methyl sites for hydroxylation is 1. The lowest BCUT2D eigenvalue weighted by molar-refractivity contribution is 0.0501. The van der Waals surface area contributed by atoms with E-state index in [2.05, 4.69) is 0 Å². The van der Waals surface area contributed by atoms with Gasteiger partial charge in [0.15, 0.2) is 0 Å². The first-order valence-corrected chi connectivity index (χ1v) is 5.60. The summed E-state index contributed by atoms with van der Waals surface area (Å²) in [5.41, 5.74) is 2.06. The van der Waals surface area contributed by atoms with Crippen LogP contribution in [0.4, 0.5) is 0 Å². The lowest BCUT2D eigenvalue weighted by Crippen LogP contribution is -2.07. The highest BCUT2D eigenvalue weighted by molar-refractivity contribution is 5.93. The summed E-state index contributed by atoms with van der Waals surface area (Å²) < 4.78 is 5.00. The van der Waals surface area contributed by atoms with Crippen molar-refractivity contribution >= 4 is 5.97 Å². The molecule has 3 nitrogen and oxygen atoms in total. The lowest BCUT2D eigenvalue weighted by atomic mass is 10.0. The minimum Gasteiger partial charge on any atom is -0.507 e. The summed E-state index contributed by atoms with van der Waals surface area (Å²) in [6, 6.07) is 3.45. The van der Waals surface area contributed by atoms with E-state index in [0.717, 1.165) is 17.5 Å². The average Bonchev–Trinajstić information content (AvgIpc) is 2.26. The molecule has 3 heteroatoms. The van der Waals surface area contributed by atoms with E-state index in [-0.39, 0.29) is 11.3 Å². The Kier molecular flexibility index (Phi) is 4.35. The molecule has 1 aromatic rings. The van der Waals surface area contributed by atoms with Gasteiger partial charge in [-0.05, 0) is 37.0 Å². The van der Waals surface area contributed by atoms with E-state index in [1.807, 2.05) is 26.8 Å². The molecule has 0 aliphatic carbocycles. The van der Waals surface area contributed by atoms with E-state index < -0.39 is 5.97 Å². The van der Waals surface area contributed by atoms with Crippen molar-refractivity contribution in [1.29, 1.82) is 0 Å². The topological polar surface area (TPSA) is 46.5 Å². The van der Waals surface area contributed by atoms with Crippen LogP contribution in [0, 0.1) is 6.92 Å². The van der Waals surface area contributed by atoms with Gasteiger partial charge < -0.3 is 9.84 Å². The van der Waals surface area contributed by atoms with Crippen molar-refractivity contribution in [2.75, 3.05) is 6.61 Å². The van der Waals surface area contributed by atoms with Crippen LogP contribution in [0.5, 0.6) is 5.75 Å². The largest absolute Gasteiger partial charge is 0.507 e. The number of rotatable bonds is 4. The molecule has 0 fully saturated rings. The molecular weight excluding hydrogens is 204 g/mol. The van der Waals surface area contributed by atoms with Crippen LogP contribution < -0.4 is 0 Å². The van der Waals surface area contributed by atoms with E-state index >= 15 is 0 Å². The maximum absolute atomic E-state index is 11.6. The Bertz CT molecular complexity index is 383. The highest BCUT2D eigenvalue weighted by Gasteiger charge is 2.16. The zero-order valence-electron chi connectivity index (χ0n) is 10.0. The minimum atomic E-state index is -0.450. The Morgan fingerprint density at radius 2 is 2.06 bits per heavy atom. The van der Waals surface area contributed by atoms with Crippen LogP contribution in [0.15, 0.2) is 12.1 Å². The SMILES string of the molecule is CCCOC(=O)c1ccc(C)c(CC)c1O. The van der Waals surface area contributed by atoms with E-state index in [1.165, 1.54) is 0 Å². The van der Waals surface area contributed by atoms with Crippen LogP contribution in [-0.4, -0.2) is 17.7 Å². The standard InChI is InChI=1S/C13H18O3/c1-4-8-16-13(15)11-7-6-9(3)10(5-2)12(11)14/h6-7,14H,4-5,8H2,1-3H3. The molecule has 0 heterocycles. The molecule has 1 rings (SSSR count). The Hall–Kier alpha value is -1.51. The maximum atomic E-state index is 11.6. The molecule has 0 bridgehead atoms. The Balaban J connectivity index is 3.01. The molecule has 88 valence electrons. The predicted molar refractivity (Wildman–Crippen MR) is 62.8 cm³/mol. The van der Waals surface area contributed by atoms with Gasteiger partial charge in [-0.25, -0.2) is 4.79 Å². The molecule has 1 N–H and O–H groups in total. The molecule has 0 atom stereocenters. The van der Waals surface area contributed by atoms with Crippen molar-refractivity contribution in [3.63, 3.8) is 0 Å². The molecule has 16 heavy (non-hydrogen) atoms. The van der Waals surface area contributed by atoms with E-state index in [0.29, 0.717) is 13.0 Å². The Morgan fingerprint density at radius 1 is 1.38 bits per heavy atom. The molecule has 1 aromatic carbocycles. The summed E-state index contributed by atoms with van der Waals surface area (Å²) in [6.07, 6.45) is 1.48. The van der Waals surface area contributed by atoms with Crippen LogP contribution in [0.1, 0.15) is 41.8 Å². The number of phenols is 1. The van der Waals surface area contributed by atoms with Gasteiger partial charge in [-0.1, -0.05) is 19.9 Å². The van der Waals surface area contributed by atoms with Crippen molar-refractivity contribution in [2.24, 2.45) is 0 Å². The third-order valence-corrected chi connectivity index (χ3v) is 2.53. The zero-order chi connectivity index (χ0) is 12.1. The summed E-state index contributed by atoms with van der Waals surface area (Å²) in [5, 5.41) is 9.94. The summed E-state index contributed by atoms with van der Waals surface area (Å²) in [4.78, 5) is 11.6. The molecule has 0 saturated heterocycles. The van der Waals surface area contributed by atoms with Crippen molar-refractivity contribution < 1.29 is 14.6 Å². The molecule has 0 aromatic heterocycles. The molecule has 0 unspecified atom stereocenters. The van der Waals surface area contributed by atoms with Crippen LogP contribution in [-0.2, 0) is 11.2 Å². The number of benzene rings is 1. The maximum Gasteiger partial charge on any atom is 0.341 e. The lowest BCUT2D eigenvalue weighted by Gasteiger charge is -2.10. The molecule has 0 aliphatic heterocycles. The number of phenolic OH excluding ortho intramolecular Hbond substituents is 1. The average molecular weight is 222 g/mol. The van der Waals surface area contributed by atoms with E-state index in [9.17, 15) is 9.90 Å². The van der Waals surface area contributed by atoms with Crippen LogP contribution in [0.2, 0.25) is 0 Å². The van der Waals surface area contributed by atoms with E-state index in [4.69, 9.17) is 4.74 Å². The normalized spacial score (nSPS) is 10.2. The van der Waals surface area contributed by atoms with Crippen LogP contribution >= 0.6 is 0 Å². The molecule has 0 saturated carbocycles. The van der Waals surface area contributed by atoms with Crippen molar-refractivity contribution in [2.45, 2.75) is 33.6 Å². The van der Waals surface area contributed by atoms with Gasteiger partial charge in [0, 0.05) is 0 Å². The molecule has 0 radical (unpaired) electrons. The molecule has 0 amide bonds. The zero-order valence-corrected chi connectivity index (χ0v) is 10.0. The number of ether oxygens (including phenoxy) is 1. The van der Waals surface area contributed by atoms with Gasteiger partial charge in [0.05, 0.1) is 6.61 Å². The van der Waals surface area contributed by atoms with E-state index in [1.54, 1.807) is 6.07 Å². The van der Waals surface area contributed by atoms with Gasteiger partial charge in [-0.2, -0.15) is 0 Å². The monoisotopic (exact) mass is 222 g/mol. The van der Waals surface area contributed by atoms with Crippen molar-refractivity contribution in [3.8, 4) is 5.75 Å². The predicted octanol–water partition coefficient (Wildman–Crippen LogP) is 2.83. The van der Waals surface area contributed by atoms with Crippen molar-refractivity contribution in [1.82, 2.24) is 0 Å². The second-order valence-corrected chi connectivity index (χ2v) is 3.75. The third kappa shape index (κ3) is 2.54. The van der Waals surface area contributed by atoms with Gasteiger partial charge in [0.2, 0.25) is 0 Å². The van der Waals surface area contributed by atoms with Gasteiger partial charge in [-0.15, -0.1) is 0 Å². The summed E-state index contributed by atoms with van der Waals surface area (Å²) in [7, 11) is 0. The van der Waals surface area contributed by atoms with Gasteiger partial charge in [-0.3, -0.25) is 0 Å². The molecular formula is C13H18O3. The fourth-order valence-electron chi connectivity index (χ4n) is 1.62. The van der Waals surface area contributed by atoms with Crippen LogP contribution in [0.25, 0.3) is 0 Å². The number of aromatic hydroxyl groups is 1. The smallest absolute Gasteiger partial charge is 0.341 e. The number of hydrogen-bond acceptors (Lipinski definition) is 3. The minimum absolute atomic E-state index is 0.0589. The summed E-state index contributed by atoms with van der Waals surface area (Å²) in [5.74, 6) is -0.391. The Labute approximate surface area is 96.1 Å². The third-order valence-electron chi connectivity index (χ3n) is 2.53. The summed E-state index contributed by atoms with van der Waals surface area (Å²) >= 11 is 0. The molecule has 0 spiro atoms. The first kappa shape index (κ1) is 12.6. The summed E-state index contributed by atoms with van der Waals surface area (Å²) in [6.45, 7) is 6.18. The highest BCUT2D eigenvalue weighted by Crippen LogP contribution is 2.26. The highest BCUT2D eigenvalue weighted by atomic mass is 16.5. The second-order valence-electron chi connectivity index (χ2n) is 3.75. The van der Waals surface area contributed by atoms with Gasteiger partial charge in [0.25, 0.3) is 0 Å². The quantitative estimate of drug-likeness (QED) is 0.797. The van der Waals surface area contributed by atoms with Crippen LogP contribution in [0.3, 0.4) is 0 Å². The first-order chi connectivity index (χ1) is 7.61. The molecule has 0 aliphatic rings. The number of esters is 1. The van der Waals surface area contributed by atoms with Gasteiger partial charge in [0.1, 0.15) is 11.3 Å².